The molecule has 2 aromatic rings. The predicted molar refractivity (Wildman–Crippen MR) is 65.8 cm³/mol. The Bertz CT molecular complexity index is 709. The monoisotopic (exact) mass is 323 g/mol. The van der Waals surface area contributed by atoms with Gasteiger partial charge in [-0.25, -0.2) is 0 Å². The van der Waals surface area contributed by atoms with E-state index >= 15 is 0 Å². The van der Waals surface area contributed by atoms with E-state index in [9.17, 15) is 8.78 Å². The van der Waals surface area contributed by atoms with Crippen LogP contribution in [0.15, 0.2) is 12.1 Å². The lowest BCUT2D eigenvalue weighted by atomic mass is 10.2. The van der Waals surface area contributed by atoms with Crippen molar-refractivity contribution in [1.29, 1.82) is 0 Å². The van der Waals surface area contributed by atoms with Gasteiger partial charge in [0.05, 0.1) is 10.0 Å². The first-order valence-electron chi connectivity index (χ1n) is 4.86. The number of halogens is 5. The first-order valence-corrected chi connectivity index (χ1v) is 6.00. The second kappa shape index (κ2) is 4.37. The van der Waals surface area contributed by atoms with E-state index in [2.05, 4.69) is 4.98 Å². The Morgan fingerprint density at radius 3 is 1.95 bits per heavy atom. The van der Waals surface area contributed by atoms with Crippen LogP contribution in [0.1, 0.15) is 0 Å². The van der Waals surface area contributed by atoms with E-state index in [1.54, 1.807) is 0 Å². The summed E-state index contributed by atoms with van der Waals surface area (Å²) < 4.78 is 37.2. The number of ether oxygens (including phenoxy) is 2. The molecule has 3 rings (SSSR count). The third-order valence-electron chi connectivity index (χ3n) is 2.38. The summed E-state index contributed by atoms with van der Waals surface area (Å²) in [7, 11) is 0. The van der Waals surface area contributed by atoms with Gasteiger partial charge in [0.2, 0.25) is 11.7 Å². The van der Waals surface area contributed by atoms with Crippen LogP contribution in [-0.2, 0) is 0 Å². The maximum Gasteiger partial charge on any atom is 0.262 e. The van der Waals surface area contributed by atoms with Crippen molar-refractivity contribution >= 4 is 34.8 Å². The topological polar surface area (TPSA) is 31.4 Å². The van der Waals surface area contributed by atoms with E-state index in [4.69, 9.17) is 44.3 Å². The van der Waals surface area contributed by atoms with Crippen LogP contribution in [0.5, 0.6) is 23.0 Å². The first-order chi connectivity index (χ1) is 8.97. The van der Waals surface area contributed by atoms with Crippen molar-refractivity contribution in [2.45, 2.75) is 0 Å². The Morgan fingerprint density at radius 2 is 1.37 bits per heavy atom. The zero-order chi connectivity index (χ0) is 13.7. The molecule has 0 spiro atoms. The van der Waals surface area contributed by atoms with Gasteiger partial charge in [-0.1, -0.05) is 34.8 Å². The molecule has 1 aromatic carbocycles. The average molecular weight is 324 g/mol. The van der Waals surface area contributed by atoms with E-state index in [1.807, 2.05) is 0 Å². The molecule has 0 atom stereocenters. The average Bonchev–Trinajstić information content (AvgIpc) is 2.36. The molecule has 8 heteroatoms. The number of pyridine rings is 1. The van der Waals surface area contributed by atoms with Crippen molar-refractivity contribution in [3.63, 3.8) is 0 Å². The molecule has 0 amide bonds. The summed E-state index contributed by atoms with van der Waals surface area (Å²) in [5, 5.41) is -0.0687. The Balaban J connectivity index is 2.19. The van der Waals surface area contributed by atoms with Gasteiger partial charge in [0.15, 0.2) is 17.2 Å². The quantitative estimate of drug-likeness (QED) is 0.531. The lowest BCUT2D eigenvalue weighted by Crippen LogP contribution is -2.05. The molecule has 0 fully saturated rings. The van der Waals surface area contributed by atoms with Gasteiger partial charge >= 0.3 is 0 Å². The summed E-state index contributed by atoms with van der Waals surface area (Å²) in [6.45, 7) is 0. The van der Waals surface area contributed by atoms with Gasteiger partial charge in [-0.05, 0) is 0 Å². The summed E-state index contributed by atoms with van der Waals surface area (Å²) >= 11 is 17.3. The number of aromatic nitrogens is 1. The van der Waals surface area contributed by atoms with Crippen molar-refractivity contribution in [2.24, 2.45) is 0 Å². The molecule has 0 bridgehead atoms. The molecule has 3 nitrogen and oxygen atoms in total. The second-order valence-corrected chi connectivity index (χ2v) is 4.78. The third kappa shape index (κ3) is 1.98. The van der Waals surface area contributed by atoms with Crippen molar-refractivity contribution in [1.82, 2.24) is 4.98 Å². The molecule has 0 aliphatic carbocycles. The third-order valence-corrected chi connectivity index (χ3v) is 3.43. The Hall–Kier alpha value is -1.30. The van der Waals surface area contributed by atoms with Crippen LogP contribution in [-0.4, -0.2) is 4.98 Å². The van der Waals surface area contributed by atoms with Crippen molar-refractivity contribution < 1.29 is 18.3 Å². The predicted octanol–water partition coefficient (Wildman–Crippen LogP) is 5.22. The number of fused-ring (bicyclic) bond motifs is 2. The van der Waals surface area contributed by atoms with Crippen molar-refractivity contribution in [2.75, 3.05) is 0 Å². The fourth-order valence-electron chi connectivity index (χ4n) is 1.54. The van der Waals surface area contributed by atoms with E-state index in [0.717, 1.165) is 0 Å². The van der Waals surface area contributed by atoms with E-state index in [1.165, 1.54) is 12.1 Å². The minimum atomic E-state index is -1.19. The van der Waals surface area contributed by atoms with Crippen LogP contribution in [0.25, 0.3) is 0 Å². The molecule has 0 N–H and O–H groups in total. The second-order valence-electron chi connectivity index (χ2n) is 3.58. The van der Waals surface area contributed by atoms with Crippen molar-refractivity contribution in [3.8, 4) is 23.0 Å². The molecule has 0 saturated heterocycles. The normalized spacial score (nSPS) is 12.3. The molecule has 1 aliphatic heterocycles. The number of nitrogens with zero attached hydrogens (tertiary/aromatic N) is 1. The van der Waals surface area contributed by atoms with Gasteiger partial charge in [0.25, 0.3) is 5.95 Å². The zero-order valence-corrected chi connectivity index (χ0v) is 11.1. The molecule has 0 unspecified atom stereocenters. The summed E-state index contributed by atoms with van der Waals surface area (Å²) in [6, 6.07) is 2.70. The summed E-state index contributed by atoms with van der Waals surface area (Å²) in [5.74, 6) is -2.78. The number of rotatable bonds is 0. The van der Waals surface area contributed by atoms with Gasteiger partial charge in [-0.2, -0.15) is 13.8 Å². The minimum absolute atomic E-state index is 0.130. The van der Waals surface area contributed by atoms with Gasteiger partial charge in [0, 0.05) is 12.1 Å². The molecule has 2 heterocycles. The first kappa shape index (κ1) is 12.7. The highest BCUT2D eigenvalue weighted by Crippen LogP contribution is 2.51. The zero-order valence-electron chi connectivity index (χ0n) is 8.81. The Labute approximate surface area is 120 Å². The highest BCUT2D eigenvalue weighted by Gasteiger charge is 2.29. The lowest BCUT2D eigenvalue weighted by Gasteiger charge is -2.21. The van der Waals surface area contributed by atoms with E-state index in [0.29, 0.717) is 0 Å². The maximum atomic E-state index is 13.5. The van der Waals surface area contributed by atoms with Crippen LogP contribution >= 0.6 is 34.8 Å². The lowest BCUT2D eigenvalue weighted by molar-refractivity contribution is 0.329. The molecular formula is C11H2Cl3F2NO2. The van der Waals surface area contributed by atoms with Crippen LogP contribution in [0.2, 0.25) is 15.1 Å². The Morgan fingerprint density at radius 1 is 0.842 bits per heavy atom. The molecule has 1 aromatic heterocycles. The summed E-state index contributed by atoms with van der Waals surface area (Å²) in [4.78, 5) is 2.97. The molecule has 98 valence electrons. The van der Waals surface area contributed by atoms with Crippen LogP contribution in [0.4, 0.5) is 8.78 Å². The largest absolute Gasteiger partial charge is 0.447 e. The van der Waals surface area contributed by atoms with Gasteiger partial charge in [0.1, 0.15) is 5.02 Å². The number of benzene rings is 1. The van der Waals surface area contributed by atoms with E-state index < -0.39 is 22.7 Å². The van der Waals surface area contributed by atoms with Crippen LogP contribution < -0.4 is 9.47 Å². The molecular weight excluding hydrogens is 322 g/mol. The highest BCUT2D eigenvalue weighted by atomic mass is 35.5. The SMILES string of the molecule is Fc1nc(F)c2c(c1Cl)Oc1cc(Cl)c(Cl)cc1O2. The summed E-state index contributed by atoms with van der Waals surface area (Å²) in [5.41, 5.74) is 0. The van der Waals surface area contributed by atoms with Crippen molar-refractivity contribution in [3.05, 3.63) is 39.1 Å². The fraction of sp³-hybridized carbons (Fsp3) is 0. The molecule has 19 heavy (non-hydrogen) atoms. The number of hydrogen-bond acceptors (Lipinski definition) is 3. The Kier molecular flexibility index (Phi) is 2.92. The standard InChI is InChI=1S/C11H2Cl3F2NO2/c12-3-1-5-6(2-4(3)13)19-9-8(18-5)7(14)10(15)17-11(9)16/h1-2H. The van der Waals surface area contributed by atoms with Gasteiger partial charge in [-0.3, -0.25) is 0 Å². The molecule has 1 aliphatic rings. The fourth-order valence-corrected chi connectivity index (χ4v) is 2.02. The van der Waals surface area contributed by atoms with E-state index in [-0.39, 0.29) is 27.3 Å². The van der Waals surface area contributed by atoms with Crippen LogP contribution in [0.3, 0.4) is 0 Å². The van der Waals surface area contributed by atoms with Gasteiger partial charge < -0.3 is 9.47 Å². The maximum absolute atomic E-state index is 13.5. The minimum Gasteiger partial charge on any atom is -0.447 e. The molecule has 0 radical (unpaired) electrons. The smallest absolute Gasteiger partial charge is 0.262 e. The summed E-state index contributed by atoms with van der Waals surface area (Å²) in [6.07, 6.45) is 0. The highest BCUT2D eigenvalue weighted by molar-refractivity contribution is 6.42. The molecule has 0 saturated carbocycles. The van der Waals surface area contributed by atoms with Gasteiger partial charge in [-0.15, -0.1) is 0 Å². The van der Waals surface area contributed by atoms with Crippen LogP contribution in [0, 0.1) is 11.9 Å². The number of hydrogen-bond donors (Lipinski definition) is 0.